The quantitative estimate of drug-likeness (QED) is 0.180. The Balaban J connectivity index is -0.000000120. The van der Waals surface area contributed by atoms with E-state index in [9.17, 15) is 4.79 Å². The molecule has 0 rings (SSSR count). The van der Waals surface area contributed by atoms with Crippen molar-refractivity contribution in [3.63, 3.8) is 0 Å². The Labute approximate surface area is 174 Å². The summed E-state index contributed by atoms with van der Waals surface area (Å²) in [5.41, 5.74) is 0. The van der Waals surface area contributed by atoms with E-state index < -0.39 is 37.0 Å². The largest absolute Gasteiger partial charge is 0.316 e. The van der Waals surface area contributed by atoms with Crippen molar-refractivity contribution in [1.82, 2.24) is 0 Å². The third kappa shape index (κ3) is 12.1. The fourth-order valence-electron chi connectivity index (χ4n) is 0.668. The number of halogens is 1. The van der Waals surface area contributed by atoms with Gasteiger partial charge in [-0.2, -0.15) is 0 Å². The second-order valence-electron chi connectivity index (χ2n) is 2.51. The number of carboxylic acid groups (broad SMARTS) is 1. The Morgan fingerprint density at radius 2 is 1.41 bits per heavy atom. The van der Waals surface area contributed by atoms with Gasteiger partial charge in [-0.25, -0.2) is 4.79 Å². The van der Waals surface area contributed by atoms with E-state index in [1.807, 2.05) is 0 Å². The van der Waals surface area contributed by atoms with Gasteiger partial charge >= 0.3 is 66.8 Å². The number of carbonyl (C=O) groups is 1. The van der Waals surface area contributed by atoms with Gasteiger partial charge in [0, 0.05) is 19.5 Å². The molecule has 4 unspecified atom stereocenters. The average molecular weight is 458 g/mol. The first-order valence-electron chi connectivity index (χ1n) is 3.47. The summed E-state index contributed by atoms with van der Waals surface area (Å²) in [5, 5.41) is 51.8. The molecule has 6 N–H and O–H groups in total. The van der Waals surface area contributed by atoms with E-state index in [1.54, 1.807) is 0 Å². The van der Waals surface area contributed by atoms with Gasteiger partial charge in [0.05, 0.1) is 6.61 Å². The molecule has 7 nitrogen and oxygen atoms in total. The molecule has 0 aliphatic rings. The molecule has 0 fully saturated rings. The standard InChI is InChI=1S/C6H12O7.Ca.HI.Mg.Zn.4H/c7-1-2(8)3(9)4(10)5(11)6(12)13;;;;;;;;/h2-5,7-11H,1H2,(H,12,13);;1H;;;;;;. The van der Waals surface area contributed by atoms with E-state index in [0.717, 1.165) is 0 Å². The smallest absolute Gasteiger partial charge is 0 e. The first-order chi connectivity index (χ1) is 5.91. The Kier molecular flexibility index (Phi) is 31.3. The first kappa shape index (κ1) is 31.8. The molecule has 0 radical (unpaired) electrons. The summed E-state index contributed by atoms with van der Waals surface area (Å²) in [6.07, 6.45) is -7.84. The van der Waals surface area contributed by atoms with Gasteiger partial charge in [-0.15, -0.1) is 24.0 Å². The fraction of sp³-hybridized carbons (Fsp3) is 0.833. The van der Waals surface area contributed by atoms with Crippen LogP contribution in [0, 0.1) is 0 Å². The van der Waals surface area contributed by atoms with Crippen LogP contribution in [-0.2, 0) is 24.3 Å². The summed E-state index contributed by atoms with van der Waals surface area (Å²) in [6, 6.07) is 0. The minimum Gasteiger partial charge on any atom is 0 e. The van der Waals surface area contributed by atoms with Crippen LogP contribution in [0.15, 0.2) is 0 Å². The topological polar surface area (TPSA) is 138 Å². The van der Waals surface area contributed by atoms with Crippen LogP contribution in [0.3, 0.4) is 0 Å². The minimum atomic E-state index is -2.20. The maximum absolute atomic E-state index is 10.1. The van der Waals surface area contributed by atoms with Crippen LogP contribution < -0.4 is 0 Å². The predicted octanol–water partition coefficient (Wildman–Crippen LogP) is -4.71. The fourth-order valence-corrected chi connectivity index (χ4v) is 0.668. The van der Waals surface area contributed by atoms with Crippen LogP contribution >= 0.6 is 24.0 Å². The number of rotatable bonds is 5. The molecule has 11 heteroatoms. The average Bonchev–Trinajstić information content (AvgIpc) is 2.12. The Bertz CT molecular complexity index is 192. The van der Waals surface area contributed by atoms with E-state index in [0.29, 0.717) is 0 Å². The number of aliphatic hydroxyl groups is 5. The maximum atomic E-state index is 10.1. The molecule has 0 saturated carbocycles. The van der Waals surface area contributed by atoms with Crippen LogP contribution in [0.4, 0.5) is 0 Å². The summed E-state index contributed by atoms with van der Waals surface area (Å²) < 4.78 is 0. The summed E-state index contributed by atoms with van der Waals surface area (Å²) in [4.78, 5) is 10.1. The van der Waals surface area contributed by atoms with Gasteiger partial charge in [0.15, 0.2) is 6.10 Å². The Hall–Kier alpha value is 2.65. The number of hydrogen-bond donors (Lipinski definition) is 6. The number of aliphatic hydroxyl groups excluding tert-OH is 5. The zero-order valence-corrected chi connectivity index (χ0v) is 13.0. The van der Waals surface area contributed by atoms with Gasteiger partial charge in [-0.3, -0.25) is 0 Å². The molecule has 96 valence electrons. The molecule has 0 amide bonds. The summed E-state index contributed by atoms with van der Waals surface area (Å²) in [5.74, 6) is -1.73. The zero-order valence-electron chi connectivity index (χ0n) is 7.72. The molecular formula is C6H17CaIMgO7Zn. The predicted molar refractivity (Wildman–Crippen MR) is 71.3 cm³/mol. The molecule has 0 aromatic heterocycles. The van der Waals surface area contributed by atoms with Crippen molar-refractivity contribution in [1.29, 1.82) is 0 Å². The third-order valence-corrected chi connectivity index (χ3v) is 1.51. The van der Waals surface area contributed by atoms with Gasteiger partial charge in [-0.1, -0.05) is 0 Å². The first-order valence-corrected chi connectivity index (χ1v) is 3.47. The van der Waals surface area contributed by atoms with Crippen molar-refractivity contribution in [3.05, 3.63) is 0 Å². The summed E-state index contributed by atoms with van der Waals surface area (Å²) in [6.45, 7) is -0.843. The van der Waals surface area contributed by atoms with Crippen molar-refractivity contribution in [3.8, 4) is 0 Å². The van der Waals surface area contributed by atoms with Crippen LogP contribution in [0.2, 0.25) is 0 Å². The van der Waals surface area contributed by atoms with E-state index in [4.69, 9.17) is 30.6 Å². The van der Waals surface area contributed by atoms with E-state index in [1.165, 1.54) is 0 Å². The van der Waals surface area contributed by atoms with Gasteiger partial charge in [0.1, 0.15) is 18.3 Å². The van der Waals surface area contributed by atoms with Crippen molar-refractivity contribution in [2.24, 2.45) is 0 Å². The molecule has 0 bridgehead atoms. The van der Waals surface area contributed by atoms with Gasteiger partial charge in [0.25, 0.3) is 0 Å². The monoisotopic (exact) mass is 456 g/mol. The van der Waals surface area contributed by atoms with Crippen LogP contribution in [0.25, 0.3) is 0 Å². The summed E-state index contributed by atoms with van der Waals surface area (Å²) >= 11 is 0. The summed E-state index contributed by atoms with van der Waals surface area (Å²) in [7, 11) is 0. The van der Waals surface area contributed by atoms with Crippen LogP contribution in [0.5, 0.6) is 0 Å². The number of carboxylic acids is 1. The van der Waals surface area contributed by atoms with Crippen molar-refractivity contribution in [2.45, 2.75) is 24.4 Å². The van der Waals surface area contributed by atoms with Crippen molar-refractivity contribution >= 4 is 90.7 Å². The number of hydrogen-bond acceptors (Lipinski definition) is 6. The maximum Gasteiger partial charge on any atom is 0.316 e. The Morgan fingerprint density at radius 1 is 1.06 bits per heavy atom. The van der Waals surface area contributed by atoms with Crippen LogP contribution in [-0.4, -0.2) is 128 Å². The SMILES string of the molecule is I.O=C(O)C(O)C(O)C(O)C(O)CO.[CaH2].[MgH2].[Zn]. The molecule has 0 heterocycles. The normalized spacial score (nSPS) is 15.6. The molecule has 0 aromatic rings. The molecule has 0 aliphatic heterocycles. The second-order valence-corrected chi connectivity index (χ2v) is 2.51. The third-order valence-electron chi connectivity index (χ3n) is 1.51. The molecule has 0 aromatic carbocycles. The Morgan fingerprint density at radius 3 is 1.65 bits per heavy atom. The van der Waals surface area contributed by atoms with Gasteiger partial charge in [0.2, 0.25) is 0 Å². The molecule has 0 spiro atoms. The van der Waals surface area contributed by atoms with E-state index >= 15 is 0 Å². The molecule has 0 aliphatic carbocycles. The van der Waals surface area contributed by atoms with E-state index in [2.05, 4.69) is 0 Å². The minimum absolute atomic E-state index is 0. The van der Waals surface area contributed by atoms with Crippen molar-refractivity contribution < 1.29 is 54.9 Å². The van der Waals surface area contributed by atoms with E-state index in [-0.39, 0.29) is 104 Å². The molecule has 0 saturated heterocycles. The zero-order chi connectivity index (χ0) is 10.6. The molecular weight excluding hydrogens is 441 g/mol. The van der Waals surface area contributed by atoms with Gasteiger partial charge in [-0.05, 0) is 0 Å². The second kappa shape index (κ2) is 16.7. The molecule has 17 heavy (non-hydrogen) atoms. The molecule has 4 atom stereocenters. The number of aliphatic carboxylic acids is 1. The van der Waals surface area contributed by atoms with Crippen LogP contribution in [0.1, 0.15) is 0 Å². The van der Waals surface area contributed by atoms with Crippen molar-refractivity contribution in [2.75, 3.05) is 6.61 Å². The van der Waals surface area contributed by atoms with Gasteiger partial charge < -0.3 is 30.6 Å².